The highest BCUT2D eigenvalue weighted by Crippen LogP contribution is 1.98. The van der Waals surface area contributed by atoms with Crippen molar-refractivity contribution in [2.45, 2.75) is 20.8 Å². The topological polar surface area (TPSA) is 38.9 Å². The highest BCUT2D eigenvalue weighted by Gasteiger charge is 1.82. The first-order chi connectivity index (χ1) is 4.79. The van der Waals surface area contributed by atoms with Gasteiger partial charge < -0.3 is 5.73 Å². The second kappa shape index (κ2) is 4.79. The molecule has 2 heteroatoms. The molecule has 0 aliphatic carbocycles. The van der Waals surface area contributed by atoms with Gasteiger partial charge in [0.2, 0.25) is 0 Å². The van der Waals surface area contributed by atoms with Gasteiger partial charge in [-0.05, 0) is 24.6 Å². The van der Waals surface area contributed by atoms with Gasteiger partial charge in [-0.2, -0.15) is 0 Å². The second-order valence-corrected chi connectivity index (χ2v) is 1.76. The average molecular weight is 140 g/mol. The van der Waals surface area contributed by atoms with Crippen molar-refractivity contribution in [2.75, 3.05) is 5.73 Å². The standard InChI is InChI=1S/C6H8N2.C2H6.H2/c1-5-2-3-8-6(7)4-5;1-2;/h2-4H,1H3,(H2,7,8);1-2H3;1H. The number of nitrogens with two attached hydrogens (primary N) is 1. The van der Waals surface area contributed by atoms with Crippen LogP contribution in [0.4, 0.5) is 5.82 Å². The Hall–Kier alpha value is -1.05. The van der Waals surface area contributed by atoms with Crippen LogP contribution in [0.2, 0.25) is 0 Å². The van der Waals surface area contributed by atoms with E-state index in [1.54, 1.807) is 6.20 Å². The van der Waals surface area contributed by atoms with E-state index < -0.39 is 0 Å². The van der Waals surface area contributed by atoms with Crippen molar-refractivity contribution in [2.24, 2.45) is 0 Å². The van der Waals surface area contributed by atoms with Crippen molar-refractivity contribution < 1.29 is 1.43 Å². The number of anilines is 1. The van der Waals surface area contributed by atoms with Crippen LogP contribution in [-0.4, -0.2) is 4.98 Å². The van der Waals surface area contributed by atoms with Gasteiger partial charge in [-0.3, -0.25) is 0 Å². The Balaban J connectivity index is 0. The van der Waals surface area contributed by atoms with Crippen molar-refractivity contribution in [1.29, 1.82) is 0 Å². The molecule has 0 aliphatic rings. The van der Waals surface area contributed by atoms with E-state index in [9.17, 15) is 0 Å². The van der Waals surface area contributed by atoms with E-state index in [4.69, 9.17) is 5.73 Å². The van der Waals surface area contributed by atoms with Crippen molar-refractivity contribution in [3.8, 4) is 0 Å². The van der Waals surface area contributed by atoms with Gasteiger partial charge in [-0.25, -0.2) is 4.98 Å². The quantitative estimate of drug-likeness (QED) is 0.600. The van der Waals surface area contributed by atoms with E-state index in [0.29, 0.717) is 5.82 Å². The summed E-state index contributed by atoms with van der Waals surface area (Å²) >= 11 is 0. The maximum atomic E-state index is 5.35. The van der Waals surface area contributed by atoms with Crippen LogP contribution in [0.5, 0.6) is 0 Å². The first-order valence-electron chi connectivity index (χ1n) is 3.47. The number of pyridine rings is 1. The molecule has 0 aromatic carbocycles. The summed E-state index contributed by atoms with van der Waals surface area (Å²) in [5.74, 6) is 0.588. The first-order valence-corrected chi connectivity index (χ1v) is 3.47. The van der Waals surface area contributed by atoms with E-state index in [0.717, 1.165) is 5.56 Å². The molecule has 10 heavy (non-hydrogen) atoms. The summed E-state index contributed by atoms with van der Waals surface area (Å²) in [5.41, 5.74) is 6.50. The fraction of sp³-hybridized carbons (Fsp3) is 0.375. The molecule has 0 saturated heterocycles. The number of nitrogen functional groups attached to an aromatic ring is 1. The van der Waals surface area contributed by atoms with Crippen LogP contribution in [0.1, 0.15) is 20.8 Å². The molecule has 1 aromatic rings. The third-order valence-corrected chi connectivity index (χ3v) is 0.937. The number of rotatable bonds is 0. The lowest BCUT2D eigenvalue weighted by atomic mass is 10.3. The predicted molar refractivity (Wildman–Crippen MR) is 46.8 cm³/mol. The molecule has 0 bridgehead atoms. The van der Waals surface area contributed by atoms with Crippen LogP contribution in [0.3, 0.4) is 0 Å². The number of aromatic nitrogens is 1. The van der Waals surface area contributed by atoms with Gasteiger partial charge in [0.25, 0.3) is 0 Å². The molecule has 1 aromatic heterocycles. The average Bonchev–Trinajstić information content (AvgIpc) is 1.91. The van der Waals surface area contributed by atoms with E-state index in [-0.39, 0.29) is 1.43 Å². The Morgan fingerprint density at radius 1 is 1.50 bits per heavy atom. The molecule has 0 atom stereocenters. The fourth-order valence-electron chi connectivity index (χ4n) is 0.560. The van der Waals surface area contributed by atoms with E-state index in [1.807, 2.05) is 32.9 Å². The molecule has 2 N–H and O–H groups in total. The summed E-state index contributed by atoms with van der Waals surface area (Å²) in [4.78, 5) is 3.82. The fourth-order valence-corrected chi connectivity index (χ4v) is 0.560. The maximum absolute atomic E-state index is 5.35. The molecule has 0 unspecified atom stereocenters. The molecule has 58 valence electrons. The number of aryl methyl sites for hydroxylation is 1. The zero-order valence-corrected chi connectivity index (χ0v) is 6.76. The van der Waals surface area contributed by atoms with Crippen molar-refractivity contribution >= 4 is 5.82 Å². The van der Waals surface area contributed by atoms with Crippen molar-refractivity contribution in [1.82, 2.24) is 4.98 Å². The Bertz CT molecular complexity index is 172. The molecule has 0 radical (unpaired) electrons. The van der Waals surface area contributed by atoms with Gasteiger partial charge in [-0.1, -0.05) is 13.8 Å². The second-order valence-electron chi connectivity index (χ2n) is 1.76. The Kier molecular flexibility index (Phi) is 4.29. The minimum absolute atomic E-state index is 0. The molecule has 0 amide bonds. The molecule has 0 spiro atoms. The van der Waals surface area contributed by atoms with E-state index in [2.05, 4.69) is 4.98 Å². The van der Waals surface area contributed by atoms with Gasteiger partial charge in [0.15, 0.2) is 0 Å². The summed E-state index contributed by atoms with van der Waals surface area (Å²) in [6.07, 6.45) is 1.70. The Labute approximate surface area is 63.6 Å². The Morgan fingerprint density at radius 3 is 2.40 bits per heavy atom. The minimum atomic E-state index is 0. The number of hydrogen-bond acceptors (Lipinski definition) is 2. The predicted octanol–water partition coefficient (Wildman–Crippen LogP) is 2.24. The molecular weight excluding hydrogens is 124 g/mol. The Morgan fingerprint density at radius 2 is 2.10 bits per heavy atom. The van der Waals surface area contributed by atoms with Crippen LogP contribution in [0.25, 0.3) is 0 Å². The van der Waals surface area contributed by atoms with Crippen LogP contribution >= 0.6 is 0 Å². The molecular formula is C8H16N2. The lowest BCUT2D eigenvalue weighted by molar-refractivity contribution is 1.30. The highest BCUT2D eigenvalue weighted by molar-refractivity contribution is 5.30. The number of hydrogen-bond donors (Lipinski definition) is 1. The largest absolute Gasteiger partial charge is 0.384 e. The van der Waals surface area contributed by atoms with Crippen LogP contribution in [0, 0.1) is 6.92 Å². The van der Waals surface area contributed by atoms with Gasteiger partial charge in [0.1, 0.15) is 5.82 Å². The third-order valence-electron chi connectivity index (χ3n) is 0.937. The summed E-state index contributed by atoms with van der Waals surface area (Å²) in [6.45, 7) is 5.98. The summed E-state index contributed by atoms with van der Waals surface area (Å²) < 4.78 is 0. The smallest absolute Gasteiger partial charge is 0.123 e. The van der Waals surface area contributed by atoms with Crippen LogP contribution < -0.4 is 5.73 Å². The lowest BCUT2D eigenvalue weighted by Crippen LogP contribution is -1.87. The molecule has 1 rings (SSSR count). The normalized spacial score (nSPS) is 7.90. The molecule has 0 aliphatic heterocycles. The van der Waals surface area contributed by atoms with E-state index >= 15 is 0 Å². The van der Waals surface area contributed by atoms with Crippen LogP contribution in [-0.2, 0) is 0 Å². The summed E-state index contributed by atoms with van der Waals surface area (Å²) in [5, 5.41) is 0. The maximum Gasteiger partial charge on any atom is 0.123 e. The van der Waals surface area contributed by atoms with Crippen molar-refractivity contribution in [3.63, 3.8) is 0 Å². The molecule has 2 nitrogen and oxygen atoms in total. The first kappa shape index (κ1) is 8.95. The zero-order chi connectivity index (χ0) is 7.98. The third kappa shape index (κ3) is 3.07. The molecule has 0 fully saturated rings. The van der Waals surface area contributed by atoms with Crippen molar-refractivity contribution in [3.05, 3.63) is 23.9 Å². The highest BCUT2D eigenvalue weighted by atomic mass is 14.8. The lowest BCUT2D eigenvalue weighted by Gasteiger charge is -1.90. The van der Waals surface area contributed by atoms with Crippen LogP contribution in [0.15, 0.2) is 18.3 Å². The van der Waals surface area contributed by atoms with Gasteiger partial charge in [-0.15, -0.1) is 0 Å². The molecule has 0 saturated carbocycles. The number of nitrogens with zero attached hydrogens (tertiary/aromatic N) is 1. The monoisotopic (exact) mass is 140 g/mol. The minimum Gasteiger partial charge on any atom is -0.384 e. The van der Waals surface area contributed by atoms with Gasteiger partial charge in [0.05, 0.1) is 0 Å². The van der Waals surface area contributed by atoms with Gasteiger partial charge in [0, 0.05) is 7.62 Å². The zero-order valence-electron chi connectivity index (χ0n) is 6.76. The summed E-state index contributed by atoms with van der Waals surface area (Å²) in [6, 6.07) is 3.75. The molecule has 1 heterocycles. The summed E-state index contributed by atoms with van der Waals surface area (Å²) in [7, 11) is 0. The SMILES string of the molecule is CC.Cc1ccnc(N)c1.[HH]. The van der Waals surface area contributed by atoms with Gasteiger partial charge >= 0.3 is 0 Å². The van der Waals surface area contributed by atoms with E-state index in [1.165, 1.54) is 0 Å².